The fourth-order valence-electron chi connectivity index (χ4n) is 5.29. The molecule has 0 aromatic heterocycles. The predicted molar refractivity (Wildman–Crippen MR) is 150 cm³/mol. The highest BCUT2D eigenvalue weighted by Gasteiger charge is 2.48. The molecule has 0 saturated heterocycles. The van der Waals surface area contributed by atoms with Crippen molar-refractivity contribution in [2.24, 2.45) is 0 Å². The van der Waals surface area contributed by atoms with Crippen molar-refractivity contribution >= 4 is 36.9 Å². The third-order valence-electron chi connectivity index (χ3n) is 9.19. The minimum Gasteiger partial charge on any atom is -0.0651 e. The van der Waals surface area contributed by atoms with Crippen LogP contribution < -0.4 is 20.7 Å². The first kappa shape index (κ1) is 24.7. The van der Waals surface area contributed by atoms with Gasteiger partial charge < -0.3 is 0 Å². The van der Waals surface area contributed by atoms with E-state index in [1.54, 1.807) is 20.7 Å². The highest BCUT2D eigenvalue weighted by molar-refractivity contribution is 7.05. The Bertz CT molecular complexity index is 942. The van der Waals surface area contributed by atoms with E-state index in [4.69, 9.17) is 0 Å². The van der Waals surface area contributed by atoms with E-state index < -0.39 is 16.1 Å². The first-order valence-electron chi connectivity index (χ1n) is 12.3. The standard InChI is InChI=1S/C30H42Si2/c1-9-29(3,4)31(7,25-18-13-11-14-19-25)27-22-17-23-28(24-27)32(8,30(5,6)10-2)26-20-15-12-16-21-26/h11-24H,9-10H2,1-8H3. The van der Waals surface area contributed by atoms with Crippen molar-refractivity contribution in [3.05, 3.63) is 84.9 Å². The van der Waals surface area contributed by atoms with Crippen LogP contribution >= 0.6 is 0 Å². The van der Waals surface area contributed by atoms with E-state index in [9.17, 15) is 0 Å². The van der Waals surface area contributed by atoms with Gasteiger partial charge in [0, 0.05) is 0 Å². The maximum atomic E-state index is 2.63. The normalized spacial score (nSPS) is 16.2. The minimum atomic E-state index is -1.99. The summed E-state index contributed by atoms with van der Waals surface area (Å²) in [6.45, 7) is 19.9. The zero-order valence-electron chi connectivity index (χ0n) is 21.5. The average molecular weight is 459 g/mol. The van der Waals surface area contributed by atoms with Crippen LogP contribution in [0.4, 0.5) is 0 Å². The summed E-state index contributed by atoms with van der Waals surface area (Å²) in [4.78, 5) is 0. The molecule has 0 heterocycles. The molecule has 32 heavy (non-hydrogen) atoms. The summed E-state index contributed by atoms with van der Waals surface area (Å²) in [5, 5.41) is 6.77. The molecule has 0 bridgehead atoms. The van der Waals surface area contributed by atoms with Crippen molar-refractivity contribution in [1.29, 1.82) is 0 Å². The van der Waals surface area contributed by atoms with E-state index in [0.717, 1.165) is 0 Å². The summed E-state index contributed by atoms with van der Waals surface area (Å²) in [7, 11) is -3.97. The second-order valence-electron chi connectivity index (χ2n) is 11.0. The molecule has 2 atom stereocenters. The second kappa shape index (κ2) is 9.15. The van der Waals surface area contributed by atoms with E-state index in [-0.39, 0.29) is 10.1 Å². The van der Waals surface area contributed by atoms with Crippen LogP contribution in [0.15, 0.2) is 84.9 Å². The van der Waals surface area contributed by atoms with Gasteiger partial charge in [-0.2, -0.15) is 0 Å². The van der Waals surface area contributed by atoms with Crippen LogP contribution in [0.5, 0.6) is 0 Å². The number of rotatable bonds is 8. The van der Waals surface area contributed by atoms with E-state index in [1.807, 2.05) is 0 Å². The van der Waals surface area contributed by atoms with Gasteiger partial charge in [0.15, 0.2) is 0 Å². The van der Waals surface area contributed by atoms with Gasteiger partial charge in [-0.15, -0.1) is 0 Å². The lowest BCUT2D eigenvalue weighted by Crippen LogP contribution is -2.66. The zero-order valence-corrected chi connectivity index (χ0v) is 23.5. The Morgan fingerprint density at radius 3 is 1.12 bits per heavy atom. The maximum absolute atomic E-state index is 2.63. The van der Waals surface area contributed by atoms with Gasteiger partial charge in [0.25, 0.3) is 0 Å². The zero-order chi connectivity index (χ0) is 23.6. The predicted octanol–water partition coefficient (Wildman–Crippen LogP) is 6.45. The van der Waals surface area contributed by atoms with Gasteiger partial charge in [-0.25, -0.2) is 0 Å². The SMILES string of the molecule is CCC(C)(C)[Si](C)(c1ccccc1)c1cccc([Si](C)(c2ccccc2)C(C)(C)CC)c1. The molecule has 0 spiro atoms. The molecule has 2 heteroatoms. The van der Waals surface area contributed by atoms with Crippen molar-refractivity contribution in [3.63, 3.8) is 0 Å². The molecule has 0 nitrogen and oxygen atoms in total. The van der Waals surface area contributed by atoms with Crippen molar-refractivity contribution in [2.45, 2.75) is 77.6 Å². The Morgan fingerprint density at radius 2 is 0.812 bits per heavy atom. The summed E-state index contributed by atoms with van der Waals surface area (Å²) in [5.41, 5.74) is 0. The van der Waals surface area contributed by atoms with Crippen molar-refractivity contribution in [2.75, 3.05) is 0 Å². The van der Waals surface area contributed by atoms with Crippen LogP contribution in [0, 0.1) is 0 Å². The number of hydrogen-bond acceptors (Lipinski definition) is 0. The first-order chi connectivity index (χ1) is 15.0. The van der Waals surface area contributed by atoms with E-state index in [1.165, 1.54) is 12.8 Å². The molecule has 0 aliphatic rings. The van der Waals surface area contributed by atoms with E-state index >= 15 is 0 Å². The number of benzene rings is 3. The van der Waals surface area contributed by atoms with Crippen molar-refractivity contribution in [1.82, 2.24) is 0 Å². The molecule has 3 rings (SSSR count). The van der Waals surface area contributed by atoms with Crippen LogP contribution in [-0.2, 0) is 0 Å². The largest absolute Gasteiger partial charge is 0.120 e. The van der Waals surface area contributed by atoms with Crippen LogP contribution in [0.3, 0.4) is 0 Å². The first-order valence-corrected chi connectivity index (χ1v) is 17.3. The molecule has 0 radical (unpaired) electrons. The fraction of sp³-hybridized carbons (Fsp3) is 0.400. The molecule has 0 amide bonds. The van der Waals surface area contributed by atoms with Gasteiger partial charge in [0.2, 0.25) is 0 Å². The highest BCUT2D eigenvalue weighted by atomic mass is 28.3. The lowest BCUT2D eigenvalue weighted by molar-refractivity contribution is 0.628. The summed E-state index contributed by atoms with van der Waals surface area (Å²) >= 11 is 0. The number of hydrogen-bond donors (Lipinski definition) is 0. The van der Waals surface area contributed by atoms with Gasteiger partial charge >= 0.3 is 0 Å². The van der Waals surface area contributed by atoms with Gasteiger partial charge in [-0.05, 0) is 10.1 Å². The molecule has 2 unspecified atom stereocenters. The lowest BCUT2D eigenvalue weighted by Gasteiger charge is -2.46. The molecule has 3 aromatic carbocycles. The molecular formula is C30H42Si2. The monoisotopic (exact) mass is 458 g/mol. The van der Waals surface area contributed by atoms with Gasteiger partial charge in [-0.3, -0.25) is 0 Å². The Morgan fingerprint density at radius 1 is 0.500 bits per heavy atom. The quantitative estimate of drug-likeness (QED) is 0.340. The second-order valence-corrected chi connectivity index (χ2v) is 20.6. The van der Waals surface area contributed by atoms with Crippen molar-refractivity contribution in [3.8, 4) is 0 Å². The molecule has 3 aromatic rings. The van der Waals surface area contributed by atoms with Crippen LogP contribution in [0.2, 0.25) is 23.2 Å². The molecule has 0 fully saturated rings. The van der Waals surface area contributed by atoms with Gasteiger partial charge in [0.1, 0.15) is 16.1 Å². The molecule has 0 saturated carbocycles. The summed E-state index contributed by atoms with van der Waals surface area (Å²) in [6, 6.07) is 32.5. The van der Waals surface area contributed by atoms with Crippen molar-refractivity contribution < 1.29 is 0 Å². The minimum absolute atomic E-state index is 0.262. The average Bonchev–Trinajstić information content (AvgIpc) is 2.83. The summed E-state index contributed by atoms with van der Waals surface area (Å²) in [6.07, 6.45) is 2.37. The van der Waals surface area contributed by atoms with Crippen LogP contribution in [-0.4, -0.2) is 16.1 Å². The smallest absolute Gasteiger partial charge is 0.0651 e. The highest BCUT2D eigenvalue weighted by Crippen LogP contribution is 2.41. The summed E-state index contributed by atoms with van der Waals surface area (Å²) < 4.78 is 0. The molecule has 0 N–H and O–H groups in total. The third-order valence-corrected chi connectivity index (χ3v) is 21.2. The Labute approximate surface area is 199 Å². The molecule has 0 aliphatic carbocycles. The molecule has 0 aliphatic heterocycles. The Kier molecular flexibility index (Phi) is 7.07. The van der Waals surface area contributed by atoms with E-state index in [2.05, 4.69) is 140 Å². The lowest BCUT2D eigenvalue weighted by atomic mass is 10.1. The van der Waals surface area contributed by atoms with Crippen LogP contribution in [0.1, 0.15) is 54.4 Å². The molecule has 170 valence electrons. The van der Waals surface area contributed by atoms with Gasteiger partial charge in [0.05, 0.1) is 0 Å². The van der Waals surface area contributed by atoms with Crippen LogP contribution in [0.25, 0.3) is 0 Å². The third kappa shape index (κ3) is 3.97. The Balaban J connectivity index is 2.29. The molecular weight excluding hydrogens is 417 g/mol. The van der Waals surface area contributed by atoms with Gasteiger partial charge in [-0.1, -0.05) is 173 Å². The topological polar surface area (TPSA) is 0 Å². The maximum Gasteiger partial charge on any atom is 0.120 e. The Hall–Kier alpha value is -1.91. The fourth-order valence-corrected chi connectivity index (χ4v) is 14.1. The van der Waals surface area contributed by atoms with E-state index in [0.29, 0.717) is 0 Å². The summed E-state index contributed by atoms with van der Waals surface area (Å²) in [5.74, 6) is 0.